The zero-order chi connectivity index (χ0) is 20.8. The smallest absolute Gasteiger partial charge is 0.236 e. The molecule has 1 amide bonds. The van der Waals surface area contributed by atoms with E-state index < -0.39 is 0 Å². The zero-order valence-electron chi connectivity index (χ0n) is 16.4. The molecule has 0 aliphatic heterocycles. The van der Waals surface area contributed by atoms with Crippen LogP contribution in [0.1, 0.15) is 31.2 Å². The number of carbonyl (C=O) groups excluding carboxylic acids is 1. The Bertz CT molecular complexity index is 958. The van der Waals surface area contributed by atoms with E-state index in [1.165, 1.54) is 17.3 Å². The number of ether oxygens (including phenoxy) is 1. The SMILES string of the molecule is CC(C)c1ccc(OCc2nnc(SCC(=O)Nc3ccc(Br)cn3)n2C)cc1. The van der Waals surface area contributed by atoms with Crippen LogP contribution in [0.2, 0.25) is 0 Å². The summed E-state index contributed by atoms with van der Waals surface area (Å²) in [6.07, 6.45) is 1.63. The van der Waals surface area contributed by atoms with E-state index in [9.17, 15) is 4.79 Å². The number of thioether (sulfide) groups is 1. The van der Waals surface area contributed by atoms with Gasteiger partial charge in [-0.25, -0.2) is 4.98 Å². The standard InChI is InChI=1S/C20H22BrN5O2S/c1-13(2)14-4-7-16(8-5-14)28-11-18-24-25-20(26(18)3)29-12-19(27)23-17-9-6-15(21)10-22-17/h4-10,13H,11-12H2,1-3H3,(H,22,23,27). The quantitative estimate of drug-likeness (QED) is 0.486. The Morgan fingerprint density at radius 2 is 1.97 bits per heavy atom. The summed E-state index contributed by atoms with van der Waals surface area (Å²) >= 11 is 4.62. The zero-order valence-corrected chi connectivity index (χ0v) is 18.8. The molecule has 0 aliphatic carbocycles. The van der Waals surface area contributed by atoms with Crippen LogP contribution in [-0.2, 0) is 18.4 Å². The van der Waals surface area contributed by atoms with Gasteiger partial charge >= 0.3 is 0 Å². The average Bonchev–Trinajstić information content (AvgIpc) is 3.06. The van der Waals surface area contributed by atoms with Crippen LogP contribution in [0, 0.1) is 0 Å². The third-order valence-electron chi connectivity index (χ3n) is 4.17. The average molecular weight is 476 g/mol. The molecule has 1 aromatic carbocycles. The number of pyridine rings is 1. The molecule has 0 saturated carbocycles. The van der Waals surface area contributed by atoms with Crippen molar-refractivity contribution in [2.75, 3.05) is 11.1 Å². The summed E-state index contributed by atoms with van der Waals surface area (Å²) in [5.41, 5.74) is 1.27. The molecule has 2 heterocycles. The molecule has 0 fully saturated rings. The fourth-order valence-corrected chi connectivity index (χ4v) is 3.42. The number of anilines is 1. The second-order valence-corrected chi connectivity index (χ2v) is 8.53. The summed E-state index contributed by atoms with van der Waals surface area (Å²) in [4.78, 5) is 16.2. The third-order valence-corrected chi connectivity index (χ3v) is 5.66. The maximum absolute atomic E-state index is 12.1. The first-order valence-electron chi connectivity index (χ1n) is 9.07. The van der Waals surface area contributed by atoms with Crippen molar-refractivity contribution in [3.05, 3.63) is 58.5 Å². The number of hydrogen-bond donors (Lipinski definition) is 1. The number of benzene rings is 1. The van der Waals surface area contributed by atoms with Gasteiger partial charge in [0.2, 0.25) is 5.91 Å². The predicted molar refractivity (Wildman–Crippen MR) is 117 cm³/mol. The van der Waals surface area contributed by atoms with Crippen molar-refractivity contribution in [3.8, 4) is 5.75 Å². The first-order chi connectivity index (χ1) is 13.9. The van der Waals surface area contributed by atoms with E-state index in [-0.39, 0.29) is 11.7 Å². The minimum atomic E-state index is -0.157. The number of carbonyl (C=O) groups is 1. The van der Waals surface area contributed by atoms with Crippen molar-refractivity contribution in [2.24, 2.45) is 7.05 Å². The topological polar surface area (TPSA) is 81.9 Å². The molecule has 1 N–H and O–H groups in total. The Morgan fingerprint density at radius 3 is 2.62 bits per heavy atom. The van der Waals surface area contributed by atoms with Gasteiger partial charge in [0, 0.05) is 17.7 Å². The summed E-state index contributed by atoms with van der Waals surface area (Å²) in [6.45, 7) is 4.62. The van der Waals surface area contributed by atoms with Crippen LogP contribution in [-0.4, -0.2) is 31.4 Å². The van der Waals surface area contributed by atoms with E-state index in [1.54, 1.807) is 12.3 Å². The summed E-state index contributed by atoms with van der Waals surface area (Å²) in [7, 11) is 1.86. The lowest BCUT2D eigenvalue weighted by molar-refractivity contribution is -0.113. The lowest BCUT2D eigenvalue weighted by atomic mass is 10.0. The van der Waals surface area contributed by atoms with Crippen LogP contribution in [0.25, 0.3) is 0 Å². The van der Waals surface area contributed by atoms with Crippen LogP contribution >= 0.6 is 27.7 Å². The van der Waals surface area contributed by atoms with Crippen LogP contribution < -0.4 is 10.1 Å². The van der Waals surface area contributed by atoms with E-state index in [2.05, 4.69) is 62.4 Å². The molecule has 7 nitrogen and oxygen atoms in total. The van der Waals surface area contributed by atoms with Crippen molar-refractivity contribution < 1.29 is 9.53 Å². The van der Waals surface area contributed by atoms with Crippen molar-refractivity contribution in [2.45, 2.75) is 31.5 Å². The van der Waals surface area contributed by atoms with E-state index >= 15 is 0 Å². The van der Waals surface area contributed by atoms with Crippen molar-refractivity contribution in [1.29, 1.82) is 0 Å². The largest absolute Gasteiger partial charge is 0.486 e. The predicted octanol–water partition coefficient (Wildman–Crippen LogP) is 4.41. The number of halogens is 1. The van der Waals surface area contributed by atoms with E-state index in [4.69, 9.17) is 4.74 Å². The first kappa shape index (κ1) is 21.3. The summed E-state index contributed by atoms with van der Waals surface area (Å²) in [6, 6.07) is 11.6. The van der Waals surface area contributed by atoms with Gasteiger partial charge in [-0.05, 0) is 51.7 Å². The highest BCUT2D eigenvalue weighted by Crippen LogP contribution is 2.20. The molecule has 0 saturated heterocycles. The molecule has 3 rings (SSSR count). The van der Waals surface area contributed by atoms with Gasteiger partial charge < -0.3 is 14.6 Å². The number of hydrogen-bond acceptors (Lipinski definition) is 6. The Kier molecular flexibility index (Phi) is 7.27. The number of amides is 1. The minimum Gasteiger partial charge on any atom is -0.486 e. The van der Waals surface area contributed by atoms with Gasteiger partial charge in [-0.3, -0.25) is 4.79 Å². The molecule has 0 atom stereocenters. The lowest BCUT2D eigenvalue weighted by Crippen LogP contribution is -2.15. The fraction of sp³-hybridized carbons (Fsp3) is 0.300. The fourth-order valence-electron chi connectivity index (χ4n) is 2.45. The number of nitrogens with zero attached hydrogens (tertiary/aromatic N) is 4. The molecule has 0 radical (unpaired) electrons. The van der Waals surface area contributed by atoms with Gasteiger partial charge in [-0.15, -0.1) is 10.2 Å². The van der Waals surface area contributed by atoms with Gasteiger partial charge in [-0.1, -0.05) is 37.7 Å². The number of aromatic nitrogens is 4. The molecular weight excluding hydrogens is 454 g/mol. The van der Waals surface area contributed by atoms with Crippen LogP contribution in [0.15, 0.2) is 52.2 Å². The molecule has 0 unspecified atom stereocenters. The molecule has 0 bridgehead atoms. The molecular formula is C20H22BrN5O2S. The molecule has 152 valence electrons. The van der Waals surface area contributed by atoms with Gasteiger partial charge in [-0.2, -0.15) is 0 Å². The van der Waals surface area contributed by atoms with Crippen LogP contribution in [0.3, 0.4) is 0 Å². The summed E-state index contributed by atoms with van der Waals surface area (Å²) in [5, 5.41) is 11.7. The Labute approximate surface area is 182 Å². The highest BCUT2D eigenvalue weighted by Gasteiger charge is 2.12. The molecule has 2 aromatic heterocycles. The van der Waals surface area contributed by atoms with Crippen LogP contribution in [0.5, 0.6) is 5.75 Å². The first-order valence-corrected chi connectivity index (χ1v) is 10.9. The van der Waals surface area contributed by atoms with Crippen molar-refractivity contribution >= 4 is 39.4 Å². The Balaban J connectivity index is 1.50. The van der Waals surface area contributed by atoms with Crippen molar-refractivity contribution in [1.82, 2.24) is 19.7 Å². The van der Waals surface area contributed by atoms with Gasteiger partial charge in [0.1, 0.15) is 18.2 Å². The van der Waals surface area contributed by atoms with Gasteiger partial charge in [0.15, 0.2) is 11.0 Å². The molecule has 29 heavy (non-hydrogen) atoms. The number of rotatable bonds is 8. The Hall–Kier alpha value is -2.39. The molecule has 0 aliphatic rings. The normalized spacial score (nSPS) is 10.9. The third kappa shape index (κ3) is 6.04. The van der Waals surface area contributed by atoms with Crippen molar-refractivity contribution in [3.63, 3.8) is 0 Å². The molecule has 9 heteroatoms. The monoisotopic (exact) mass is 475 g/mol. The maximum Gasteiger partial charge on any atom is 0.236 e. The minimum absolute atomic E-state index is 0.157. The highest BCUT2D eigenvalue weighted by atomic mass is 79.9. The maximum atomic E-state index is 12.1. The summed E-state index contributed by atoms with van der Waals surface area (Å²) in [5.74, 6) is 2.52. The lowest BCUT2D eigenvalue weighted by Gasteiger charge is -2.09. The molecule has 3 aromatic rings. The molecule has 0 spiro atoms. The summed E-state index contributed by atoms with van der Waals surface area (Å²) < 4.78 is 8.50. The second-order valence-electron chi connectivity index (χ2n) is 6.67. The van der Waals surface area contributed by atoms with Gasteiger partial charge in [0.25, 0.3) is 0 Å². The highest BCUT2D eigenvalue weighted by molar-refractivity contribution is 9.10. The van der Waals surface area contributed by atoms with Crippen LogP contribution in [0.4, 0.5) is 5.82 Å². The van der Waals surface area contributed by atoms with E-state index in [1.807, 2.05) is 29.8 Å². The second kappa shape index (κ2) is 9.89. The van der Waals surface area contributed by atoms with E-state index in [0.717, 1.165) is 10.2 Å². The number of nitrogens with one attached hydrogen (secondary N) is 1. The van der Waals surface area contributed by atoms with E-state index in [0.29, 0.717) is 29.3 Å². The van der Waals surface area contributed by atoms with Gasteiger partial charge in [0.05, 0.1) is 5.75 Å². The Morgan fingerprint density at radius 1 is 1.21 bits per heavy atom.